The number of hydrogen-bond donors (Lipinski definition) is 1. The van der Waals surface area contributed by atoms with Crippen LogP contribution in [-0.2, 0) is 9.31 Å². The number of carbonyl (C=O) groups excluding carboxylic acids is 1. The quantitative estimate of drug-likeness (QED) is 0.790. The summed E-state index contributed by atoms with van der Waals surface area (Å²) in [5.41, 5.74) is -0.610. The van der Waals surface area contributed by atoms with Crippen molar-refractivity contribution in [1.29, 1.82) is 0 Å². The van der Waals surface area contributed by atoms with Gasteiger partial charge in [-0.15, -0.1) is 0 Å². The van der Waals surface area contributed by atoms with Crippen LogP contribution in [0.3, 0.4) is 0 Å². The van der Waals surface area contributed by atoms with Crippen molar-refractivity contribution in [2.75, 3.05) is 6.54 Å². The molecule has 2 aliphatic heterocycles. The smallest absolute Gasteiger partial charge is 0.465 e. The molecule has 1 atom stereocenters. The fourth-order valence-corrected chi connectivity index (χ4v) is 3.34. The van der Waals surface area contributed by atoms with Crippen molar-refractivity contribution < 1.29 is 37.5 Å². The molecule has 152 valence electrons. The third-order valence-corrected chi connectivity index (χ3v) is 5.57. The second-order valence-electron chi connectivity index (χ2n) is 8.05. The van der Waals surface area contributed by atoms with Crippen LogP contribution in [0, 0.1) is 0 Å². The number of hydrogen-bond acceptors (Lipinski definition) is 5. The first-order chi connectivity index (χ1) is 12.8. The molecule has 1 unspecified atom stereocenters. The van der Waals surface area contributed by atoms with Gasteiger partial charge in [-0.25, -0.2) is 9.69 Å². The summed E-state index contributed by atoms with van der Waals surface area (Å²) in [5.74, 6) is -1.69. The van der Waals surface area contributed by atoms with E-state index in [1.165, 1.54) is 6.07 Å². The Kier molecular flexibility index (Phi) is 4.91. The molecular formula is C18H22BF2NO6. The minimum absolute atomic E-state index is 0.0812. The molecule has 2 aliphatic rings. The Hall–Kier alpha value is -2.20. The van der Waals surface area contributed by atoms with Crippen molar-refractivity contribution in [2.24, 2.45) is 0 Å². The maximum absolute atomic E-state index is 13.0. The molecule has 0 saturated carbocycles. The van der Waals surface area contributed by atoms with Crippen molar-refractivity contribution in [2.45, 2.75) is 58.4 Å². The molecule has 0 spiro atoms. The summed E-state index contributed by atoms with van der Waals surface area (Å²) in [5, 5.41) is 9.24. The van der Waals surface area contributed by atoms with Crippen molar-refractivity contribution in [3.8, 4) is 5.75 Å². The maximum atomic E-state index is 13.0. The summed E-state index contributed by atoms with van der Waals surface area (Å²) < 4.78 is 42.5. The van der Waals surface area contributed by atoms with Gasteiger partial charge in [-0.3, -0.25) is 4.79 Å². The highest BCUT2D eigenvalue weighted by Gasteiger charge is 2.52. The van der Waals surface area contributed by atoms with Gasteiger partial charge in [-0.05, 0) is 44.8 Å². The number of fused-ring (bicyclic) bond motifs is 1. The number of alkyl halides is 2. The molecule has 1 aromatic carbocycles. The van der Waals surface area contributed by atoms with E-state index in [1.54, 1.807) is 13.0 Å². The number of imide groups is 1. The average Bonchev–Trinajstić information content (AvgIpc) is 2.77. The molecule has 0 radical (unpaired) electrons. The van der Waals surface area contributed by atoms with Gasteiger partial charge in [0.2, 0.25) is 0 Å². The van der Waals surface area contributed by atoms with Crippen LogP contribution < -0.4 is 10.2 Å². The fourth-order valence-electron chi connectivity index (χ4n) is 3.34. The van der Waals surface area contributed by atoms with Gasteiger partial charge in [0.1, 0.15) is 5.75 Å². The van der Waals surface area contributed by atoms with E-state index in [0.29, 0.717) is 15.9 Å². The van der Waals surface area contributed by atoms with Gasteiger partial charge in [0.15, 0.2) is 0 Å². The van der Waals surface area contributed by atoms with Crippen molar-refractivity contribution in [1.82, 2.24) is 4.90 Å². The van der Waals surface area contributed by atoms with Crippen LogP contribution in [-0.4, -0.2) is 53.5 Å². The van der Waals surface area contributed by atoms with Gasteiger partial charge in [0, 0.05) is 12.5 Å². The van der Waals surface area contributed by atoms with E-state index in [1.807, 2.05) is 27.7 Å². The predicted molar refractivity (Wildman–Crippen MR) is 96.3 cm³/mol. The van der Waals surface area contributed by atoms with E-state index in [9.17, 15) is 23.5 Å². The number of nitrogens with zero attached hydrogens (tertiary/aromatic N) is 1. The second kappa shape index (κ2) is 6.70. The first kappa shape index (κ1) is 20.5. The monoisotopic (exact) mass is 397 g/mol. The van der Waals surface area contributed by atoms with Crippen LogP contribution in [0.1, 0.15) is 56.5 Å². The molecule has 2 amide bonds. The molecule has 1 N–H and O–H groups in total. The van der Waals surface area contributed by atoms with Gasteiger partial charge in [0.25, 0.3) is 5.91 Å². The minimum atomic E-state index is -3.18. The first-order valence-electron chi connectivity index (χ1n) is 8.87. The Morgan fingerprint density at radius 3 is 2.36 bits per heavy atom. The standard InChI is InChI=1S/C18H22BF2NO6/c1-9-8-22(16(24)25)14(23)13-11(9)6-10(7-12(13)26-15(20)21)19-27-17(2,3)18(4,5)28-19/h6-7,9,15H,8H2,1-5H3,(H,24,25). The zero-order chi connectivity index (χ0) is 21.0. The maximum Gasteiger partial charge on any atom is 0.494 e. The van der Waals surface area contributed by atoms with Crippen LogP contribution in [0.4, 0.5) is 13.6 Å². The molecule has 28 heavy (non-hydrogen) atoms. The van der Waals surface area contributed by atoms with E-state index >= 15 is 0 Å². The molecule has 1 aromatic rings. The Morgan fingerprint density at radius 1 is 1.29 bits per heavy atom. The number of halogens is 2. The molecule has 0 bridgehead atoms. The van der Waals surface area contributed by atoms with E-state index in [2.05, 4.69) is 4.74 Å². The molecule has 10 heteroatoms. The van der Waals surface area contributed by atoms with Crippen LogP contribution in [0.2, 0.25) is 0 Å². The zero-order valence-corrected chi connectivity index (χ0v) is 16.3. The van der Waals surface area contributed by atoms with Crippen LogP contribution in [0.15, 0.2) is 12.1 Å². The number of rotatable bonds is 3. The van der Waals surface area contributed by atoms with E-state index in [-0.39, 0.29) is 17.9 Å². The van der Waals surface area contributed by atoms with Gasteiger partial charge in [-0.1, -0.05) is 13.0 Å². The predicted octanol–water partition coefficient (Wildman–Crippen LogP) is 2.82. The average molecular weight is 397 g/mol. The van der Waals surface area contributed by atoms with Crippen LogP contribution in [0.25, 0.3) is 0 Å². The largest absolute Gasteiger partial charge is 0.494 e. The second-order valence-corrected chi connectivity index (χ2v) is 8.05. The van der Waals surface area contributed by atoms with Crippen molar-refractivity contribution in [3.63, 3.8) is 0 Å². The lowest BCUT2D eigenvalue weighted by Crippen LogP contribution is -2.44. The third-order valence-electron chi connectivity index (χ3n) is 5.57. The Bertz CT molecular complexity index is 813. The summed E-state index contributed by atoms with van der Waals surface area (Å²) in [6.45, 7) is 5.89. The van der Waals surface area contributed by atoms with E-state index < -0.39 is 42.9 Å². The van der Waals surface area contributed by atoms with E-state index in [0.717, 1.165) is 0 Å². The number of ether oxygens (including phenoxy) is 1. The summed E-state index contributed by atoms with van der Waals surface area (Å²) >= 11 is 0. The SMILES string of the molecule is CC1CN(C(=O)O)C(=O)c2c(OC(F)F)cc(B3OC(C)(C)C(C)(C)O3)cc21. The molecule has 2 heterocycles. The fraction of sp³-hybridized carbons (Fsp3) is 0.556. The van der Waals surface area contributed by atoms with Gasteiger partial charge in [0.05, 0.1) is 16.8 Å². The normalized spacial score (nSPS) is 23.1. The Labute approximate surface area is 161 Å². The van der Waals surface area contributed by atoms with Crippen LogP contribution >= 0.6 is 0 Å². The number of benzene rings is 1. The summed E-state index contributed by atoms with van der Waals surface area (Å²) in [7, 11) is -0.838. The lowest BCUT2D eigenvalue weighted by molar-refractivity contribution is -0.0503. The zero-order valence-electron chi connectivity index (χ0n) is 16.3. The van der Waals surface area contributed by atoms with Gasteiger partial charge >= 0.3 is 19.8 Å². The minimum Gasteiger partial charge on any atom is -0.465 e. The number of carbonyl (C=O) groups is 2. The van der Waals surface area contributed by atoms with Crippen molar-refractivity contribution >= 4 is 24.6 Å². The molecule has 3 rings (SSSR count). The summed E-state index contributed by atoms with van der Waals surface area (Å²) in [6, 6.07) is 2.89. The van der Waals surface area contributed by atoms with Crippen LogP contribution in [0.5, 0.6) is 5.75 Å². The lowest BCUT2D eigenvalue weighted by atomic mass is 9.75. The third kappa shape index (κ3) is 3.35. The molecule has 0 aliphatic carbocycles. The topological polar surface area (TPSA) is 85.3 Å². The first-order valence-corrected chi connectivity index (χ1v) is 8.87. The summed E-state index contributed by atoms with van der Waals surface area (Å²) in [4.78, 5) is 24.5. The highest BCUT2D eigenvalue weighted by atomic mass is 19.3. The summed E-state index contributed by atoms with van der Waals surface area (Å²) in [6.07, 6.45) is -1.44. The molecule has 1 saturated heterocycles. The molecule has 1 fully saturated rings. The highest BCUT2D eigenvalue weighted by Crippen LogP contribution is 2.39. The molecule has 0 aromatic heterocycles. The molecular weight excluding hydrogens is 375 g/mol. The van der Waals surface area contributed by atoms with E-state index in [4.69, 9.17) is 9.31 Å². The number of amides is 2. The Balaban J connectivity index is 2.11. The van der Waals surface area contributed by atoms with Crippen molar-refractivity contribution in [3.05, 3.63) is 23.3 Å². The number of carboxylic acid groups (broad SMARTS) is 1. The highest BCUT2D eigenvalue weighted by molar-refractivity contribution is 6.62. The molecule has 7 nitrogen and oxygen atoms in total. The van der Waals surface area contributed by atoms with Gasteiger partial charge in [-0.2, -0.15) is 8.78 Å². The van der Waals surface area contributed by atoms with Gasteiger partial charge < -0.3 is 19.2 Å². The lowest BCUT2D eigenvalue weighted by Gasteiger charge is -2.32. The Morgan fingerprint density at radius 2 is 1.86 bits per heavy atom.